The van der Waals surface area contributed by atoms with Crippen LogP contribution >= 0.6 is 0 Å². The normalized spacial score (nSPS) is 10.1. The van der Waals surface area contributed by atoms with Gasteiger partial charge in [0.15, 0.2) is 0 Å². The second-order valence-electron chi connectivity index (χ2n) is 3.86. The smallest absolute Gasteiger partial charge is 0.255 e. The Morgan fingerprint density at radius 2 is 2.17 bits per heavy atom. The first kappa shape index (κ1) is 12.0. The average Bonchev–Trinajstić information content (AvgIpc) is 2.31. The third-order valence-corrected chi connectivity index (χ3v) is 2.44. The molecule has 1 aromatic heterocycles. The van der Waals surface area contributed by atoms with Crippen LogP contribution in [0.25, 0.3) is 0 Å². The number of hydrogen-bond acceptors (Lipinski definition) is 3. The number of hydrogen-bond donors (Lipinski definition) is 2. The molecule has 1 heterocycles. The van der Waals surface area contributed by atoms with Crippen LogP contribution in [0.15, 0.2) is 36.5 Å². The van der Waals surface area contributed by atoms with E-state index >= 15 is 0 Å². The van der Waals surface area contributed by atoms with Crippen molar-refractivity contribution in [3.63, 3.8) is 0 Å². The molecule has 3 N–H and O–H groups in total. The van der Waals surface area contributed by atoms with Crippen LogP contribution in [0.5, 0.6) is 0 Å². The summed E-state index contributed by atoms with van der Waals surface area (Å²) in [6.45, 7) is 1.77. The van der Waals surface area contributed by atoms with Gasteiger partial charge in [0.1, 0.15) is 5.82 Å². The molecular formula is C13H12FN3O. The lowest BCUT2D eigenvalue weighted by Gasteiger charge is -2.07. The minimum absolute atomic E-state index is 0.177. The number of aromatic nitrogens is 1. The quantitative estimate of drug-likeness (QED) is 0.798. The monoisotopic (exact) mass is 245 g/mol. The van der Waals surface area contributed by atoms with E-state index in [2.05, 4.69) is 10.3 Å². The van der Waals surface area contributed by atoms with Crippen LogP contribution in [0.1, 0.15) is 16.1 Å². The highest BCUT2D eigenvalue weighted by atomic mass is 19.1. The zero-order chi connectivity index (χ0) is 13.1. The molecule has 2 rings (SSSR count). The summed E-state index contributed by atoms with van der Waals surface area (Å²) in [5.74, 6) is -0.958. The molecule has 0 saturated heterocycles. The number of rotatable bonds is 2. The standard InChI is InChI=1S/C13H12FN3O/c1-8-12(3-2-4-16-8)17-13(18)9-5-10(14)7-11(15)6-9/h2-7H,15H2,1H3,(H,17,18). The first-order chi connectivity index (χ1) is 8.56. The van der Waals surface area contributed by atoms with E-state index < -0.39 is 11.7 Å². The number of anilines is 2. The van der Waals surface area contributed by atoms with E-state index in [4.69, 9.17) is 5.73 Å². The topological polar surface area (TPSA) is 68.0 Å². The fourth-order valence-corrected chi connectivity index (χ4v) is 1.55. The molecule has 1 amide bonds. The van der Waals surface area contributed by atoms with Crippen molar-refractivity contribution in [2.75, 3.05) is 11.1 Å². The van der Waals surface area contributed by atoms with Gasteiger partial charge in [-0.2, -0.15) is 0 Å². The molecule has 0 unspecified atom stereocenters. The molecule has 0 aliphatic heterocycles. The van der Waals surface area contributed by atoms with Crippen molar-refractivity contribution in [1.29, 1.82) is 0 Å². The lowest BCUT2D eigenvalue weighted by molar-refractivity contribution is 0.102. The van der Waals surface area contributed by atoms with E-state index in [1.807, 2.05) is 0 Å². The van der Waals surface area contributed by atoms with Gasteiger partial charge in [0.25, 0.3) is 5.91 Å². The minimum Gasteiger partial charge on any atom is -0.399 e. The highest BCUT2D eigenvalue weighted by Gasteiger charge is 2.09. The lowest BCUT2D eigenvalue weighted by Crippen LogP contribution is -2.13. The summed E-state index contributed by atoms with van der Waals surface area (Å²) >= 11 is 0. The average molecular weight is 245 g/mol. The Bertz CT molecular complexity index is 578. The zero-order valence-electron chi connectivity index (χ0n) is 9.77. The molecule has 0 spiro atoms. The predicted octanol–water partition coefficient (Wildman–Crippen LogP) is 2.36. The van der Waals surface area contributed by atoms with E-state index in [-0.39, 0.29) is 11.3 Å². The number of nitrogens with one attached hydrogen (secondary N) is 1. The molecule has 0 saturated carbocycles. The summed E-state index contributed by atoms with van der Waals surface area (Å²) in [5.41, 5.74) is 7.15. The number of carbonyl (C=O) groups is 1. The molecule has 0 atom stereocenters. The largest absolute Gasteiger partial charge is 0.399 e. The Morgan fingerprint density at radius 3 is 2.83 bits per heavy atom. The van der Waals surface area contributed by atoms with Gasteiger partial charge in [-0.05, 0) is 37.3 Å². The van der Waals surface area contributed by atoms with Crippen LogP contribution in [0.2, 0.25) is 0 Å². The van der Waals surface area contributed by atoms with Gasteiger partial charge < -0.3 is 11.1 Å². The maximum atomic E-state index is 13.1. The number of carbonyl (C=O) groups excluding carboxylic acids is 1. The van der Waals surface area contributed by atoms with Crippen molar-refractivity contribution in [3.8, 4) is 0 Å². The fourth-order valence-electron chi connectivity index (χ4n) is 1.55. The second kappa shape index (κ2) is 4.83. The van der Waals surface area contributed by atoms with Gasteiger partial charge >= 0.3 is 0 Å². The number of nitrogens with zero attached hydrogens (tertiary/aromatic N) is 1. The SMILES string of the molecule is Cc1ncccc1NC(=O)c1cc(N)cc(F)c1. The number of nitrogens with two attached hydrogens (primary N) is 1. The molecule has 0 aliphatic rings. The summed E-state index contributed by atoms with van der Waals surface area (Å²) in [6.07, 6.45) is 1.63. The van der Waals surface area contributed by atoms with Crippen LogP contribution in [0.4, 0.5) is 15.8 Å². The molecule has 5 heteroatoms. The number of pyridine rings is 1. The molecule has 2 aromatic rings. The van der Waals surface area contributed by atoms with Crippen LogP contribution in [0, 0.1) is 12.7 Å². The third kappa shape index (κ3) is 2.63. The zero-order valence-corrected chi connectivity index (χ0v) is 9.77. The second-order valence-corrected chi connectivity index (χ2v) is 3.86. The molecule has 0 radical (unpaired) electrons. The maximum Gasteiger partial charge on any atom is 0.255 e. The predicted molar refractivity (Wildman–Crippen MR) is 67.7 cm³/mol. The number of halogens is 1. The first-order valence-electron chi connectivity index (χ1n) is 5.35. The van der Waals surface area contributed by atoms with Crippen molar-refractivity contribution in [3.05, 3.63) is 53.6 Å². The number of benzene rings is 1. The summed E-state index contributed by atoms with van der Waals surface area (Å²) in [4.78, 5) is 16.0. The summed E-state index contributed by atoms with van der Waals surface area (Å²) in [6, 6.07) is 7.15. The summed E-state index contributed by atoms with van der Waals surface area (Å²) in [5, 5.41) is 2.66. The van der Waals surface area contributed by atoms with Crippen molar-refractivity contribution in [2.24, 2.45) is 0 Å². The number of nitrogen functional groups attached to an aromatic ring is 1. The molecule has 0 fully saturated rings. The van der Waals surface area contributed by atoms with E-state index in [0.29, 0.717) is 11.4 Å². The summed E-state index contributed by atoms with van der Waals surface area (Å²) < 4.78 is 13.1. The van der Waals surface area contributed by atoms with Crippen LogP contribution in [0.3, 0.4) is 0 Å². The Labute approximate surface area is 104 Å². The van der Waals surface area contributed by atoms with Crippen molar-refractivity contribution < 1.29 is 9.18 Å². The van der Waals surface area contributed by atoms with Gasteiger partial charge in [-0.25, -0.2) is 4.39 Å². The molecular weight excluding hydrogens is 233 g/mol. The molecule has 1 aromatic carbocycles. The summed E-state index contributed by atoms with van der Waals surface area (Å²) in [7, 11) is 0. The van der Waals surface area contributed by atoms with E-state index in [0.717, 1.165) is 12.1 Å². The van der Waals surface area contributed by atoms with Crippen molar-refractivity contribution in [2.45, 2.75) is 6.92 Å². The van der Waals surface area contributed by atoms with E-state index in [9.17, 15) is 9.18 Å². The fraction of sp³-hybridized carbons (Fsp3) is 0.0769. The highest BCUT2D eigenvalue weighted by Crippen LogP contribution is 2.15. The number of amides is 1. The van der Waals surface area contributed by atoms with Gasteiger partial charge in [0.2, 0.25) is 0 Å². The lowest BCUT2D eigenvalue weighted by atomic mass is 10.1. The van der Waals surface area contributed by atoms with Crippen molar-refractivity contribution >= 4 is 17.3 Å². The molecule has 92 valence electrons. The highest BCUT2D eigenvalue weighted by molar-refractivity contribution is 6.05. The third-order valence-electron chi connectivity index (χ3n) is 2.44. The molecule has 18 heavy (non-hydrogen) atoms. The van der Waals surface area contributed by atoms with Gasteiger partial charge in [0, 0.05) is 17.4 Å². The van der Waals surface area contributed by atoms with Gasteiger partial charge in [-0.3, -0.25) is 9.78 Å². The molecule has 0 aliphatic carbocycles. The Morgan fingerprint density at radius 1 is 1.39 bits per heavy atom. The minimum atomic E-state index is -0.539. The Hall–Kier alpha value is -2.43. The van der Waals surface area contributed by atoms with E-state index in [1.165, 1.54) is 6.07 Å². The van der Waals surface area contributed by atoms with E-state index in [1.54, 1.807) is 25.3 Å². The van der Waals surface area contributed by atoms with Gasteiger partial charge in [-0.1, -0.05) is 0 Å². The van der Waals surface area contributed by atoms with Gasteiger partial charge in [-0.15, -0.1) is 0 Å². The molecule has 4 nitrogen and oxygen atoms in total. The van der Waals surface area contributed by atoms with Crippen LogP contribution in [-0.2, 0) is 0 Å². The van der Waals surface area contributed by atoms with Crippen LogP contribution in [-0.4, -0.2) is 10.9 Å². The Balaban J connectivity index is 2.25. The van der Waals surface area contributed by atoms with Crippen LogP contribution < -0.4 is 11.1 Å². The molecule has 0 bridgehead atoms. The van der Waals surface area contributed by atoms with Crippen molar-refractivity contribution in [1.82, 2.24) is 4.98 Å². The first-order valence-corrected chi connectivity index (χ1v) is 5.35. The Kier molecular flexibility index (Phi) is 3.23. The maximum absolute atomic E-state index is 13.1. The van der Waals surface area contributed by atoms with Gasteiger partial charge in [0.05, 0.1) is 11.4 Å². The number of aryl methyl sites for hydroxylation is 1.